The normalized spacial score (nSPS) is 13.6. The van der Waals surface area contributed by atoms with Crippen molar-refractivity contribution in [2.24, 2.45) is 0 Å². The Balaban J connectivity index is 4.79. The van der Waals surface area contributed by atoms with Gasteiger partial charge < -0.3 is 0 Å². The van der Waals surface area contributed by atoms with Crippen molar-refractivity contribution in [2.75, 3.05) is 0 Å². The van der Waals surface area contributed by atoms with Gasteiger partial charge in [0.2, 0.25) is 0 Å². The van der Waals surface area contributed by atoms with E-state index >= 15 is 0 Å². The molecule has 0 spiro atoms. The van der Waals surface area contributed by atoms with E-state index in [0.29, 0.717) is 0 Å². The third-order valence-corrected chi connectivity index (χ3v) is 2.38. The average molecular weight is 190 g/mol. The van der Waals surface area contributed by atoms with Crippen LogP contribution >= 0.6 is 0 Å². The summed E-state index contributed by atoms with van der Waals surface area (Å²) in [6, 6.07) is 0. The van der Waals surface area contributed by atoms with Gasteiger partial charge in [-0.05, 0) is 52.7 Å². The summed E-state index contributed by atoms with van der Waals surface area (Å²) < 4.78 is 0. The summed E-state index contributed by atoms with van der Waals surface area (Å²) in [5, 5.41) is 0. The van der Waals surface area contributed by atoms with E-state index in [0.717, 1.165) is 0 Å². The maximum Gasteiger partial charge on any atom is -0.0395 e. The van der Waals surface area contributed by atoms with Crippen LogP contribution in [0.15, 0.2) is 46.6 Å². The third-order valence-electron chi connectivity index (χ3n) is 2.38. The molecule has 0 bridgehead atoms. The van der Waals surface area contributed by atoms with E-state index in [1.165, 1.54) is 22.3 Å². The Morgan fingerprint density at radius 2 is 1.43 bits per heavy atom. The van der Waals surface area contributed by atoms with E-state index in [9.17, 15) is 0 Å². The van der Waals surface area contributed by atoms with Crippen LogP contribution in [0.1, 0.15) is 41.5 Å². The molecule has 0 heterocycles. The van der Waals surface area contributed by atoms with Crippen LogP contribution in [0.5, 0.6) is 0 Å². The minimum absolute atomic E-state index is 1.32. The molecule has 0 aliphatic rings. The predicted octanol–water partition coefficient (Wildman–Crippen LogP) is 4.81. The Morgan fingerprint density at radius 1 is 0.857 bits per heavy atom. The molecule has 0 amide bonds. The molecule has 0 aliphatic heterocycles. The molecule has 0 aromatic heterocycles. The molecule has 0 unspecified atom stereocenters. The zero-order valence-electron chi connectivity index (χ0n) is 10.3. The van der Waals surface area contributed by atoms with Crippen LogP contribution < -0.4 is 0 Å². The Morgan fingerprint density at radius 3 is 1.86 bits per heavy atom. The second-order valence-electron chi connectivity index (χ2n) is 3.89. The lowest BCUT2D eigenvalue weighted by Crippen LogP contribution is -1.82. The molecule has 0 fully saturated rings. The largest absolute Gasteiger partial charge is 0.0877 e. The van der Waals surface area contributed by atoms with Crippen molar-refractivity contribution in [3.8, 4) is 0 Å². The first-order chi connectivity index (χ1) is 6.49. The fourth-order valence-corrected chi connectivity index (χ4v) is 0.955. The maximum absolute atomic E-state index is 2.24. The van der Waals surface area contributed by atoms with Crippen molar-refractivity contribution in [3.63, 3.8) is 0 Å². The first-order valence-electron chi connectivity index (χ1n) is 5.11. The van der Waals surface area contributed by atoms with Crippen LogP contribution in [-0.2, 0) is 0 Å². The molecule has 0 atom stereocenters. The fraction of sp³-hybridized carbons (Fsp3) is 0.429. The molecule has 0 aromatic carbocycles. The maximum atomic E-state index is 2.24. The summed E-state index contributed by atoms with van der Waals surface area (Å²) in [5.41, 5.74) is 5.39. The highest BCUT2D eigenvalue weighted by molar-refractivity contribution is 5.36. The van der Waals surface area contributed by atoms with Crippen molar-refractivity contribution in [1.29, 1.82) is 0 Å². The molecule has 0 heteroatoms. The fourth-order valence-electron chi connectivity index (χ4n) is 0.955. The van der Waals surface area contributed by atoms with E-state index in [1.54, 1.807) is 0 Å². The van der Waals surface area contributed by atoms with Crippen molar-refractivity contribution < 1.29 is 0 Å². The summed E-state index contributed by atoms with van der Waals surface area (Å²) in [6.45, 7) is 12.8. The van der Waals surface area contributed by atoms with Crippen LogP contribution in [0.3, 0.4) is 0 Å². The van der Waals surface area contributed by atoms with Gasteiger partial charge >= 0.3 is 0 Å². The van der Waals surface area contributed by atoms with Gasteiger partial charge in [0.05, 0.1) is 0 Å². The standard InChI is InChI=1S/C14H22/c1-7-8-9-12(4)14(6)10-13(5)11(2)3/h7-10H,1-6H3. The van der Waals surface area contributed by atoms with E-state index in [4.69, 9.17) is 0 Å². The summed E-state index contributed by atoms with van der Waals surface area (Å²) in [4.78, 5) is 0. The first-order valence-corrected chi connectivity index (χ1v) is 5.11. The van der Waals surface area contributed by atoms with E-state index in [-0.39, 0.29) is 0 Å². The average Bonchev–Trinajstić information content (AvgIpc) is 2.13. The van der Waals surface area contributed by atoms with Gasteiger partial charge in [-0.2, -0.15) is 0 Å². The minimum atomic E-state index is 1.32. The second-order valence-corrected chi connectivity index (χ2v) is 3.89. The number of allylic oxidation sites excluding steroid dienone is 8. The van der Waals surface area contributed by atoms with Crippen molar-refractivity contribution in [1.82, 2.24) is 0 Å². The van der Waals surface area contributed by atoms with Crippen LogP contribution in [0, 0.1) is 0 Å². The predicted molar refractivity (Wildman–Crippen MR) is 66.4 cm³/mol. The van der Waals surface area contributed by atoms with E-state index < -0.39 is 0 Å². The zero-order valence-corrected chi connectivity index (χ0v) is 10.3. The molecular weight excluding hydrogens is 168 g/mol. The molecule has 0 saturated carbocycles. The highest BCUT2D eigenvalue weighted by Gasteiger charge is 1.93. The molecule has 0 saturated heterocycles. The minimum Gasteiger partial charge on any atom is -0.0877 e. The Labute approximate surface area is 88.7 Å². The number of rotatable bonds is 3. The second kappa shape index (κ2) is 6.42. The number of hydrogen-bond acceptors (Lipinski definition) is 0. The van der Waals surface area contributed by atoms with Crippen LogP contribution in [-0.4, -0.2) is 0 Å². The molecule has 78 valence electrons. The Bertz CT molecular complexity index is 292. The van der Waals surface area contributed by atoms with Crippen LogP contribution in [0.25, 0.3) is 0 Å². The van der Waals surface area contributed by atoms with Gasteiger partial charge in [-0.3, -0.25) is 0 Å². The van der Waals surface area contributed by atoms with Crippen LogP contribution in [0.2, 0.25) is 0 Å². The van der Waals surface area contributed by atoms with Crippen LogP contribution in [0.4, 0.5) is 0 Å². The van der Waals surface area contributed by atoms with E-state index in [2.05, 4.69) is 52.8 Å². The van der Waals surface area contributed by atoms with Gasteiger partial charge in [0.1, 0.15) is 0 Å². The molecule has 0 rings (SSSR count). The van der Waals surface area contributed by atoms with Gasteiger partial charge in [-0.25, -0.2) is 0 Å². The zero-order chi connectivity index (χ0) is 11.1. The lowest BCUT2D eigenvalue weighted by molar-refractivity contribution is 1.25. The molecule has 0 nitrogen and oxygen atoms in total. The molecule has 0 N–H and O–H groups in total. The quantitative estimate of drug-likeness (QED) is 0.560. The molecule has 0 radical (unpaired) electrons. The smallest absolute Gasteiger partial charge is 0.0395 e. The summed E-state index contributed by atoms with van der Waals surface area (Å²) >= 11 is 0. The lowest BCUT2D eigenvalue weighted by Gasteiger charge is -2.02. The lowest BCUT2D eigenvalue weighted by atomic mass is 10.0. The van der Waals surface area contributed by atoms with Crippen molar-refractivity contribution in [3.05, 3.63) is 46.6 Å². The van der Waals surface area contributed by atoms with Gasteiger partial charge in [-0.15, -0.1) is 0 Å². The van der Waals surface area contributed by atoms with Crippen molar-refractivity contribution in [2.45, 2.75) is 41.5 Å². The van der Waals surface area contributed by atoms with Gasteiger partial charge in [0, 0.05) is 0 Å². The SMILES string of the molecule is CC=CC=C(C)C(C)=CC(C)=C(C)C. The topological polar surface area (TPSA) is 0 Å². The monoisotopic (exact) mass is 190 g/mol. The molecule has 0 aromatic rings. The number of hydrogen-bond donors (Lipinski definition) is 0. The highest BCUT2D eigenvalue weighted by atomic mass is 14.0. The Kier molecular flexibility index (Phi) is 5.94. The van der Waals surface area contributed by atoms with Gasteiger partial charge in [-0.1, -0.05) is 35.5 Å². The summed E-state index contributed by atoms with van der Waals surface area (Å²) in [6.07, 6.45) is 8.50. The van der Waals surface area contributed by atoms with Crippen molar-refractivity contribution >= 4 is 0 Å². The molecule has 14 heavy (non-hydrogen) atoms. The molecular formula is C14H22. The van der Waals surface area contributed by atoms with Gasteiger partial charge in [0.15, 0.2) is 0 Å². The summed E-state index contributed by atoms with van der Waals surface area (Å²) in [5.74, 6) is 0. The van der Waals surface area contributed by atoms with Gasteiger partial charge in [0.25, 0.3) is 0 Å². The van der Waals surface area contributed by atoms with E-state index in [1.807, 2.05) is 13.0 Å². The summed E-state index contributed by atoms with van der Waals surface area (Å²) in [7, 11) is 0. The third kappa shape index (κ3) is 4.86. The Hall–Kier alpha value is -1.04. The highest BCUT2D eigenvalue weighted by Crippen LogP contribution is 2.13. The molecule has 0 aliphatic carbocycles. The first kappa shape index (κ1) is 13.0.